The first-order chi connectivity index (χ1) is 6.11. The van der Waals surface area contributed by atoms with Gasteiger partial charge in [-0.1, -0.05) is 29.3 Å². The van der Waals surface area contributed by atoms with Gasteiger partial charge >= 0.3 is 0 Å². The smallest absolute Gasteiger partial charge is 0.138 e. The van der Waals surface area contributed by atoms with Crippen LogP contribution < -0.4 is 0 Å². The summed E-state index contributed by atoms with van der Waals surface area (Å²) >= 11 is 5.74. The standard InChI is InChI=1S/C11H13ClO/c1-8-3-9(2)5-10(4-8)6-11(12)7-13/h3-5,7,11H,6H2,1-2H3. The molecule has 0 radical (unpaired) electrons. The molecular weight excluding hydrogens is 184 g/mol. The molecule has 1 unspecified atom stereocenters. The highest BCUT2D eigenvalue weighted by Gasteiger charge is 2.04. The minimum absolute atomic E-state index is 0.402. The monoisotopic (exact) mass is 196 g/mol. The molecule has 1 rings (SSSR count). The van der Waals surface area contributed by atoms with E-state index in [0.717, 1.165) is 11.8 Å². The number of hydrogen-bond acceptors (Lipinski definition) is 1. The van der Waals surface area contributed by atoms with Gasteiger partial charge in [-0.2, -0.15) is 0 Å². The van der Waals surface area contributed by atoms with E-state index in [-0.39, 0.29) is 0 Å². The van der Waals surface area contributed by atoms with Gasteiger partial charge in [-0.25, -0.2) is 0 Å². The van der Waals surface area contributed by atoms with E-state index in [1.54, 1.807) is 0 Å². The summed E-state index contributed by atoms with van der Waals surface area (Å²) in [5, 5.41) is -0.402. The van der Waals surface area contributed by atoms with Gasteiger partial charge in [0.05, 0.1) is 5.38 Å². The second kappa shape index (κ2) is 4.43. The lowest BCUT2D eigenvalue weighted by atomic mass is 10.0. The lowest BCUT2D eigenvalue weighted by Gasteiger charge is -2.05. The van der Waals surface area contributed by atoms with Crippen molar-refractivity contribution in [2.45, 2.75) is 25.6 Å². The normalized spacial score (nSPS) is 12.5. The van der Waals surface area contributed by atoms with E-state index in [1.807, 2.05) is 13.8 Å². The largest absolute Gasteiger partial charge is 0.302 e. The van der Waals surface area contributed by atoms with Crippen molar-refractivity contribution in [2.75, 3.05) is 0 Å². The maximum atomic E-state index is 10.3. The third-order valence-corrected chi connectivity index (χ3v) is 2.12. The summed E-state index contributed by atoms with van der Waals surface area (Å²) in [6.07, 6.45) is 1.40. The molecule has 0 heterocycles. The molecule has 0 aliphatic rings. The van der Waals surface area contributed by atoms with E-state index < -0.39 is 5.38 Å². The van der Waals surface area contributed by atoms with Gasteiger partial charge in [0.1, 0.15) is 6.29 Å². The van der Waals surface area contributed by atoms with E-state index >= 15 is 0 Å². The fraction of sp³-hybridized carbons (Fsp3) is 0.364. The van der Waals surface area contributed by atoms with Crippen molar-refractivity contribution in [2.24, 2.45) is 0 Å². The van der Waals surface area contributed by atoms with E-state index in [9.17, 15) is 4.79 Å². The summed E-state index contributed by atoms with van der Waals surface area (Å²) in [5.41, 5.74) is 3.55. The molecule has 13 heavy (non-hydrogen) atoms. The molecule has 2 heteroatoms. The first-order valence-electron chi connectivity index (χ1n) is 4.28. The average Bonchev–Trinajstić information content (AvgIpc) is 2.02. The van der Waals surface area contributed by atoms with Gasteiger partial charge in [0.25, 0.3) is 0 Å². The Kier molecular flexibility index (Phi) is 3.49. The fourth-order valence-corrected chi connectivity index (χ4v) is 1.64. The molecule has 0 amide bonds. The van der Waals surface area contributed by atoms with Crippen molar-refractivity contribution in [3.63, 3.8) is 0 Å². The molecule has 1 aromatic carbocycles. The van der Waals surface area contributed by atoms with E-state index in [0.29, 0.717) is 6.42 Å². The van der Waals surface area contributed by atoms with Crippen LogP contribution in [0.25, 0.3) is 0 Å². The maximum absolute atomic E-state index is 10.3. The highest BCUT2D eigenvalue weighted by molar-refractivity contribution is 6.27. The van der Waals surface area contributed by atoms with Gasteiger partial charge in [0.15, 0.2) is 0 Å². The molecular formula is C11H13ClO. The quantitative estimate of drug-likeness (QED) is 0.537. The lowest BCUT2D eigenvalue weighted by Crippen LogP contribution is -2.04. The summed E-state index contributed by atoms with van der Waals surface area (Å²) in [4.78, 5) is 10.3. The van der Waals surface area contributed by atoms with Crippen LogP contribution in [0.1, 0.15) is 16.7 Å². The minimum atomic E-state index is -0.402. The fourth-order valence-electron chi connectivity index (χ4n) is 1.46. The SMILES string of the molecule is Cc1cc(C)cc(CC(Cl)C=O)c1. The van der Waals surface area contributed by atoms with Gasteiger partial charge in [0.2, 0.25) is 0 Å². The summed E-state index contributed by atoms with van der Waals surface area (Å²) in [5.74, 6) is 0. The molecule has 1 aromatic rings. The van der Waals surface area contributed by atoms with Crippen LogP contribution in [0, 0.1) is 13.8 Å². The summed E-state index contributed by atoms with van der Waals surface area (Å²) in [7, 11) is 0. The number of aryl methyl sites for hydroxylation is 2. The zero-order valence-electron chi connectivity index (χ0n) is 7.88. The highest BCUT2D eigenvalue weighted by atomic mass is 35.5. The third kappa shape index (κ3) is 3.19. The third-order valence-electron chi connectivity index (χ3n) is 1.86. The molecule has 0 aliphatic heterocycles. The van der Waals surface area contributed by atoms with Gasteiger partial charge in [-0.15, -0.1) is 11.6 Å². The second-order valence-corrected chi connectivity index (χ2v) is 3.91. The molecule has 0 spiro atoms. The number of benzene rings is 1. The van der Waals surface area contributed by atoms with Crippen LogP contribution in [0.3, 0.4) is 0 Å². The van der Waals surface area contributed by atoms with Gasteiger partial charge in [-0.3, -0.25) is 0 Å². The Morgan fingerprint density at radius 2 is 1.85 bits per heavy atom. The van der Waals surface area contributed by atoms with Crippen LogP contribution in [-0.2, 0) is 11.2 Å². The minimum Gasteiger partial charge on any atom is -0.302 e. The number of aldehydes is 1. The second-order valence-electron chi connectivity index (χ2n) is 3.35. The molecule has 0 fully saturated rings. The van der Waals surface area contributed by atoms with Crippen LogP contribution >= 0.6 is 11.6 Å². The molecule has 0 saturated heterocycles. The number of rotatable bonds is 3. The number of alkyl halides is 1. The zero-order valence-corrected chi connectivity index (χ0v) is 8.64. The first kappa shape index (κ1) is 10.3. The van der Waals surface area contributed by atoms with Gasteiger partial charge < -0.3 is 4.79 Å². The van der Waals surface area contributed by atoms with Crippen LogP contribution in [-0.4, -0.2) is 11.7 Å². The highest BCUT2D eigenvalue weighted by Crippen LogP contribution is 2.12. The Bertz CT molecular complexity index is 287. The predicted molar refractivity (Wildman–Crippen MR) is 55.3 cm³/mol. The van der Waals surface area contributed by atoms with E-state index in [2.05, 4.69) is 18.2 Å². The molecule has 0 aliphatic carbocycles. The molecule has 1 atom stereocenters. The van der Waals surface area contributed by atoms with Crippen molar-refractivity contribution in [3.8, 4) is 0 Å². The Labute approximate surface area is 83.7 Å². The number of carbonyl (C=O) groups is 1. The molecule has 0 N–H and O–H groups in total. The van der Waals surface area contributed by atoms with E-state index in [1.165, 1.54) is 11.1 Å². The topological polar surface area (TPSA) is 17.1 Å². The number of hydrogen-bond donors (Lipinski definition) is 0. The Morgan fingerprint density at radius 1 is 1.31 bits per heavy atom. The Hall–Kier alpha value is -0.820. The van der Waals surface area contributed by atoms with Crippen molar-refractivity contribution in [3.05, 3.63) is 34.9 Å². The van der Waals surface area contributed by atoms with Crippen molar-refractivity contribution in [1.82, 2.24) is 0 Å². The molecule has 0 aromatic heterocycles. The van der Waals surface area contributed by atoms with E-state index in [4.69, 9.17) is 11.6 Å². The first-order valence-corrected chi connectivity index (χ1v) is 4.72. The lowest BCUT2D eigenvalue weighted by molar-refractivity contribution is -0.107. The molecule has 0 bridgehead atoms. The van der Waals surface area contributed by atoms with Crippen molar-refractivity contribution < 1.29 is 4.79 Å². The van der Waals surface area contributed by atoms with Crippen LogP contribution in [0.4, 0.5) is 0 Å². The van der Waals surface area contributed by atoms with Crippen molar-refractivity contribution >= 4 is 17.9 Å². The predicted octanol–water partition coefficient (Wildman–Crippen LogP) is 2.65. The average molecular weight is 197 g/mol. The summed E-state index contributed by atoms with van der Waals surface area (Å²) < 4.78 is 0. The van der Waals surface area contributed by atoms with Crippen molar-refractivity contribution in [1.29, 1.82) is 0 Å². The van der Waals surface area contributed by atoms with Gasteiger partial charge in [0, 0.05) is 0 Å². The Balaban J connectivity index is 2.82. The zero-order chi connectivity index (χ0) is 9.84. The molecule has 70 valence electrons. The summed E-state index contributed by atoms with van der Waals surface area (Å²) in [6, 6.07) is 6.23. The number of halogens is 1. The van der Waals surface area contributed by atoms with Crippen LogP contribution in [0.15, 0.2) is 18.2 Å². The molecule has 0 saturated carbocycles. The Morgan fingerprint density at radius 3 is 2.31 bits per heavy atom. The maximum Gasteiger partial charge on any atom is 0.138 e. The number of carbonyl (C=O) groups excluding carboxylic acids is 1. The van der Waals surface area contributed by atoms with Gasteiger partial charge in [-0.05, 0) is 25.8 Å². The molecule has 1 nitrogen and oxygen atoms in total. The van der Waals surface area contributed by atoms with Crippen LogP contribution in [0.2, 0.25) is 0 Å². The van der Waals surface area contributed by atoms with Crippen LogP contribution in [0.5, 0.6) is 0 Å². The summed E-state index contributed by atoms with van der Waals surface area (Å²) in [6.45, 7) is 4.08.